The van der Waals surface area contributed by atoms with Crippen LogP contribution in [0.2, 0.25) is 0 Å². The molecule has 0 rings (SSSR count). The molecule has 0 aliphatic rings. The molecular formula is C11H20O. The monoisotopic (exact) mass is 168 g/mol. The lowest BCUT2D eigenvalue weighted by Crippen LogP contribution is -2.16. The van der Waals surface area contributed by atoms with Crippen molar-refractivity contribution in [1.82, 2.24) is 0 Å². The molecule has 0 spiro atoms. The smallest absolute Gasteiger partial charge is 0.136 e. The van der Waals surface area contributed by atoms with E-state index in [-0.39, 0.29) is 5.92 Å². The lowest BCUT2D eigenvalue weighted by Gasteiger charge is -2.13. The van der Waals surface area contributed by atoms with Crippen LogP contribution in [-0.2, 0) is 4.79 Å². The van der Waals surface area contributed by atoms with E-state index in [1.54, 1.807) is 0 Å². The fourth-order valence-electron chi connectivity index (χ4n) is 0.936. The number of rotatable bonds is 5. The van der Waals surface area contributed by atoms with Crippen molar-refractivity contribution in [3.05, 3.63) is 12.2 Å². The maximum Gasteiger partial charge on any atom is 0.136 e. The normalized spacial score (nSPS) is 13.1. The summed E-state index contributed by atoms with van der Waals surface area (Å²) < 4.78 is 0. The maximum atomic E-state index is 11.4. The molecule has 0 aromatic carbocycles. The average Bonchev–Trinajstić information content (AvgIpc) is 1.98. The lowest BCUT2D eigenvalue weighted by atomic mass is 9.91. The van der Waals surface area contributed by atoms with Crippen molar-refractivity contribution in [2.24, 2.45) is 11.8 Å². The van der Waals surface area contributed by atoms with Gasteiger partial charge in [0.05, 0.1) is 0 Å². The first kappa shape index (κ1) is 11.4. The summed E-state index contributed by atoms with van der Waals surface area (Å²) in [6, 6.07) is 0. The third kappa shape index (κ3) is 4.32. The zero-order valence-electron chi connectivity index (χ0n) is 8.68. The minimum atomic E-state index is 0.198. The number of hydrogen-bond donors (Lipinski definition) is 0. The molecular weight excluding hydrogens is 148 g/mol. The summed E-state index contributed by atoms with van der Waals surface area (Å²) >= 11 is 0. The standard InChI is InChI=1S/C11H20O/c1-8(2)6-7-11(12)10(5)9(3)4/h9-10H,1,6-7H2,2-5H3. The molecule has 0 radical (unpaired) electrons. The zero-order chi connectivity index (χ0) is 9.72. The van der Waals surface area contributed by atoms with E-state index in [1.807, 2.05) is 13.8 Å². The lowest BCUT2D eigenvalue weighted by molar-refractivity contribution is -0.123. The first-order valence-corrected chi connectivity index (χ1v) is 4.62. The van der Waals surface area contributed by atoms with Crippen molar-refractivity contribution in [2.45, 2.75) is 40.5 Å². The molecule has 12 heavy (non-hydrogen) atoms. The number of hydrogen-bond acceptors (Lipinski definition) is 1. The Labute approximate surface area is 75.9 Å². The summed E-state index contributed by atoms with van der Waals surface area (Å²) in [6.45, 7) is 11.9. The van der Waals surface area contributed by atoms with Crippen LogP contribution in [-0.4, -0.2) is 5.78 Å². The van der Waals surface area contributed by atoms with Crippen LogP contribution in [0.3, 0.4) is 0 Å². The summed E-state index contributed by atoms with van der Waals surface area (Å²) in [4.78, 5) is 11.4. The van der Waals surface area contributed by atoms with E-state index in [0.717, 1.165) is 12.0 Å². The van der Waals surface area contributed by atoms with Crippen molar-refractivity contribution in [1.29, 1.82) is 0 Å². The molecule has 0 fully saturated rings. The Morgan fingerprint density at radius 2 is 1.75 bits per heavy atom. The van der Waals surface area contributed by atoms with Crippen molar-refractivity contribution < 1.29 is 4.79 Å². The third-order valence-electron chi connectivity index (χ3n) is 2.31. The van der Waals surface area contributed by atoms with Crippen LogP contribution < -0.4 is 0 Å². The number of carbonyl (C=O) groups excluding carboxylic acids is 1. The summed E-state index contributed by atoms with van der Waals surface area (Å²) in [5, 5.41) is 0. The highest BCUT2D eigenvalue weighted by Gasteiger charge is 2.15. The van der Waals surface area contributed by atoms with E-state index in [0.29, 0.717) is 18.1 Å². The second-order valence-corrected chi connectivity index (χ2v) is 3.96. The van der Waals surface area contributed by atoms with Gasteiger partial charge < -0.3 is 0 Å². The molecule has 0 heterocycles. The second kappa shape index (κ2) is 5.13. The molecule has 0 N–H and O–H groups in total. The predicted molar refractivity (Wildman–Crippen MR) is 53.1 cm³/mol. The molecule has 0 aromatic rings. The fraction of sp³-hybridized carbons (Fsp3) is 0.727. The molecule has 0 aliphatic heterocycles. The van der Waals surface area contributed by atoms with Gasteiger partial charge in [-0.15, -0.1) is 6.58 Å². The molecule has 70 valence electrons. The Hall–Kier alpha value is -0.590. The van der Waals surface area contributed by atoms with Gasteiger partial charge in [-0.1, -0.05) is 26.3 Å². The predicted octanol–water partition coefficient (Wildman–Crippen LogP) is 3.20. The van der Waals surface area contributed by atoms with E-state index in [9.17, 15) is 4.79 Å². The molecule has 0 aliphatic carbocycles. The van der Waals surface area contributed by atoms with Crippen LogP contribution in [0.25, 0.3) is 0 Å². The van der Waals surface area contributed by atoms with Crippen molar-refractivity contribution in [3.8, 4) is 0 Å². The van der Waals surface area contributed by atoms with E-state index < -0.39 is 0 Å². The maximum absolute atomic E-state index is 11.4. The van der Waals surface area contributed by atoms with Gasteiger partial charge in [0.15, 0.2) is 0 Å². The Balaban J connectivity index is 3.80. The van der Waals surface area contributed by atoms with Gasteiger partial charge in [0, 0.05) is 12.3 Å². The number of Topliss-reactive ketones (excluding diaryl/α,β-unsaturated/α-hetero) is 1. The average molecular weight is 168 g/mol. The van der Waals surface area contributed by atoms with Gasteiger partial charge in [0.1, 0.15) is 5.78 Å². The first-order valence-electron chi connectivity index (χ1n) is 4.62. The largest absolute Gasteiger partial charge is 0.299 e. The summed E-state index contributed by atoms with van der Waals surface area (Å²) in [5.41, 5.74) is 1.10. The highest BCUT2D eigenvalue weighted by atomic mass is 16.1. The van der Waals surface area contributed by atoms with Gasteiger partial charge in [0.25, 0.3) is 0 Å². The van der Waals surface area contributed by atoms with E-state index in [1.165, 1.54) is 0 Å². The first-order chi connectivity index (χ1) is 5.45. The van der Waals surface area contributed by atoms with Crippen molar-refractivity contribution in [3.63, 3.8) is 0 Å². The van der Waals surface area contributed by atoms with E-state index in [2.05, 4.69) is 20.4 Å². The second-order valence-electron chi connectivity index (χ2n) is 3.96. The Morgan fingerprint density at radius 1 is 1.25 bits per heavy atom. The summed E-state index contributed by atoms with van der Waals surface area (Å²) in [5.74, 6) is 1.03. The van der Waals surface area contributed by atoms with Crippen molar-refractivity contribution in [2.75, 3.05) is 0 Å². The van der Waals surface area contributed by atoms with Gasteiger partial charge in [-0.25, -0.2) is 0 Å². The Kier molecular flexibility index (Phi) is 4.87. The Bertz CT molecular complexity index is 168. The SMILES string of the molecule is C=C(C)CCC(=O)C(C)C(C)C. The molecule has 1 unspecified atom stereocenters. The van der Waals surface area contributed by atoms with Gasteiger partial charge in [0.2, 0.25) is 0 Å². The molecule has 0 bridgehead atoms. The van der Waals surface area contributed by atoms with Crippen LogP contribution in [0.1, 0.15) is 40.5 Å². The highest BCUT2D eigenvalue weighted by molar-refractivity contribution is 5.81. The van der Waals surface area contributed by atoms with Gasteiger partial charge >= 0.3 is 0 Å². The fourth-order valence-corrected chi connectivity index (χ4v) is 0.936. The van der Waals surface area contributed by atoms with Crippen LogP contribution in [0.5, 0.6) is 0 Å². The van der Waals surface area contributed by atoms with Crippen molar-refractivity contribution >= 4 is 5.78 Å². The summed E-state index contributed by atoms with van der Waals surface area (Å²) in [6.07, 6.45) is 1.50. The third-order valence-corrected chi connectivity index (χ3v) is 2.31. The topological polar surface area (TPSA) is 17.1 Å². The minimum Gasteiger partial charge on any atom is -0.299 e. The van der Waals surface area contributed by atoms with Crippen LogP contribution in [0, 0.1) is 11.8 Å². The molecule has 1 atom stereocenters. The number of carbonyl (C=O) groups is 1. The van der Waals surface area contributed by atoms with Gasteiger partial charge in [-0.3, -0.25) is 4.79 Å². The molecule has 0 amide bonds. The van der Waals surface area contributed by atoms with Crippen LogP contribution in [0.15, 0.2) is 12.2 Å². The molecule has 0 saturated heterocycles. The van der Waals surface area contributed by atoms with Gasteiger partial charge in [-0.2, -0.15) is 0 Å². The van der Waals surface area contributed by atoms with Crippen LogP contribution >= 0.6 is 0 Å². The van der Waals surface area contributed by atoms with Gasteiger partial charge in [-0.05, 0) is 19.3 Å². The molecule has 0 saturated carbocycles. The number of ketones is 1. The zero-order valence-corrected chi connectivity index (χ0v) is 8.68. The molecule has 1 nitrogen and oxygen atoms in total. The summed E-state index contributed by atoms with van der Waals surface area (Å²) in [7, 11) is 0. The number of allylic oxidation sites excluding steroid dienone is 1. The highest BCUT2D eigenvalue weighted by Crippen LogP contribution is 2.14. The quantitative estimate of drug-likeness (QED) is 0.576. The van der Waals surface area contributed by atoms with E-state index in [4.69, 9.17) is 0 Å². The van der Waals surface area contributed by atoms with Crippen LogP contribution in [0.4, 0.5) is 0 Å². The van der Waals surface area contributed by atoms with E-state index >= 15 is 0 Å². The Morgan fingerprint density at radius 3 is 2.08 bits per heavy atom. The molecule has 0 aromatic heterocycles. The molecule has 1 heteroatoms. The minimum absolute atomic E-state index is 0.198.